The van der Waals surface area contributed by atoms with Crippen LogP contribution in [0.3, 0.4) is 0 Å². The zero-order chi connectivity index (χ0) is 14.9. The molecule has 2 rings (SSSR count). The highest BCUT2D eigenvalue weighted by molar-refractivity contribution is 5.43. The summed E-state index contributed by atoms with van der Waals surface area (Å²) >= 11 is 0. The van der Waals surface area contributed by atoms with Crippen molar-refractivity contribution in [3.63, 3.8) is 0 Å². The van der Waals surface area contributed by atoms with E-state index in [1.807, 2.05) is 12.1 Å². The highest BCUT2D eigenvalue weighted by atomic mass is 19.1. The van der Waals surface area contributed by atoms with Crippen molar-refractivity contribution in [3.8, 4) is 5.75 Å². The molecule has 0 saturated heterocycles. The zero-order valence-corrected chi connectivity index (χ0v) is 12.4. The van der Waals surface area contributed by atoms with Gasteiger partial charge >= 0.3 is 0 Å². The lowest BCUT2D eigenvalue weighted by Gasteiger charge is -2.09. The standard InChI is InChI=1S/C18H22FNO/c1-2-3-13-21-18-6-4-5-15(14-18)11-12-20-17-9-7-16(19)8-10-17/h4-10,14,20H,2-3,11-13H2,1H3. The number of hydrogen-bond acceptors (Lipinski definition) is 2. The van der Waals surface area contributed by atoms with Crippen molar-refractivity contribution in [1.29, 1.82) is 0 Å². The van der Waals surface area contributed by atoms with E-state index in [1.165, 1.54) is 17.7 Å². The molecule has 0 aromatic heterocycles. The third-order valence-corrected chi connectivity index (χ3v) is 3.25. The minimum atomic E-state index is -0.211. The van der Waals surface area contributed by atoms with Crippen molar-refractivity contribution in [2.24, 2.45) is 0 Å². The molecule has 0 aliphatic heterocycles. The number of halogens is 1. The Labute approximate surface area is 126 Å². The van der Waals surface area contributed by atoms with Crippen LogP contribution in [-0.4, -0.2) is 13.2 Å². The minimum Gasteiger partial charge on any atom is -0.494 e. The number of rotatable bonds is 8. The molecule has 2 nitrogen and oxygen atoms in total. The van der Waals surface area contributed by atoms with Crippen LogP contribution in [0, 0.1) is 5.82 Å². The van der Waals surface area contributed by atoms with E-state index in [0.29, 0.717) is 0 Å². The molecule has 0 saturated carbocycles. The average molecular weight is 287 g/mol. The Balaban J connectivity index is 1.79. The van der Waals surface area contributed by atoms with Crippen LogP contribution in [0.5, 0.6) is 5.75 Å². The maximum absolute atomic E-state index is 12.8. The van der Waals surface area contributed by atoms with Gasteiger partial charge in [0, 0.05) is 12.2 Å². The van der Waals surface area contributed by atoms with E-state index in [2.05, 4.69) is 24.4 Å². The second kappa shape index (κ2) is 8.30. The smallest absolute Gasteiger partial charge is 0.123 e. The highest BCUT2D eigenvalue weighted by Gasteiger charge is 1.98. The number of ether oxygens (including phenoxy) is 1. The van der Waals surface area contributed by atoms with Crippen LogP contribution >= 0.6 is 0 Å². The summed E-state index contributed by atoms with van der Waals surface area (Å²) in [4.78, 5) is 0. The van der Waals surface area contributed by atoms with Crippen molar-refractivity contribution >= 4 is 5.69 Å². The van der Waals surface area contributed by atoms with Crippen LogP contribution in [0.2, 0.25) is 0 Å². The first kappa shape index (κ1) is 15.4. The first-order valence-electron chi connectivity index (χ1n) is 7.49. The van der Waals surface area contributed by atoms with Crippen LogP contribution in [0.25, 0.3) is 0 Å². The summed E-state index contributed by atoms with van der Waals surface area (Å²) in [7, 11) is 0. The summed E-state index contributed by atoms with van der Waals surface area (Å²) in [6.45, 7) is 3.73. The first-order valence-corrected chi connectivity index (χ1v) is 7.49. The average Bonchev–Trinajstić information content (AvgIpc) is 2.50. The molecule has 0 bridgehead atoms. The number of anilines is 1. The summed E-state index contributed by atoms with van der Waals surface area (Å²) in [5, 5.41) is 3.28. The molecule has 0 radical (unpaired) electrons. The number of hydrogen-bond donors (Lipinski definition) is 1. The zero-order valence-electron chi connectivity index (χ0n) is 12.4. The van der Waals surface area contributed by atoms with E-state index in [9.17, 15) is 4.39 Å². The second-order valence-corrected chi connectivity index (χ2v) is 5.03. The van der Waals surface area contributed by atoms with Crippen molar-refractivity contribution in [2.45, 2.75) is 26.2 Å². The van der Waals surface area contributed by atoms with Crippen LogP contribution in [0.1, 0.15) is 25.3 Å². The topological polar surface area (TPSA) is 21.3 Å². The fourth-order valence-corrected chi connectivity index (χ4v) is 2.04. The van der Waals surface area contributed by atoms with E-state index in [4.69, 9.17) is 4.74 Å². The summed E-state index contributed by atoms with van der Waals surface area (Å²) in [6, 6.07) is 14.6. The van der Waals surface area contributed by atoms with Crippen molar-refractivity contribution in [1.82, 2.24) is 0 Å². The normalized spacial score (nSPS) is 10.4. The number of benzene rings is 2. The summed E-state index contributed by atoms with van der Waals surface area (Å²) in [6.07, 6.45) is 3.12. The van der Waals surface area contributed by atoms with E-state index in [0.717, 1.165) is 43.9 Å². The third kappa shape index (κ3) is 5.46. The number of unbranched alkanes of at least 4 members (excludes halogenated alkanes) is 1. The van der Waals surface area contributed by atoms with Crippen LogP contribution in [0.15, 0.2) is 48.5 Å². The predicted molar refractivity (Wildman–Crippen MR) is 85.4 cm³/mol. The molecule has 21 heavy (non-hydrogen) atoms. The van der Waals surface area contributed by atoms with Crippen molar-refractivity contribution in [3.05, 3.63) is 59.9 Å². The first-order chi connectivity index (χ1) is 10.3. The molecular formula is C18H22FNO. The molecule has 112 valence electrons. The predicted octanol–water partition coefficient (Wildman–Crippen LogP) is 4.66. The molecule has 0 spiro atoms. The molecule has 0 atom stereocenters. The molecule has 0 aliphatic carbocycles. The van der Waals surface area contributed by atoms with Gasteiger partial charge in [-0.15, -0.1) is 0 Å². The molecule has 3 heteroatoms. The molecule has 0 unspecified atom stereocenters. The van der Waals surface area contributed by atoms with Crippen LogP contribution in [0.4, 0.5) is 10.1 Å². The van der Waals surface area contributed by atoms with Gasteiger partial charge in [-0.3, -0.25) is 0 Å². The molecule has 2 aromatic rings. The Kier molecular flexibility index (Phi) is 6.07. The van der Waals surface area contributed by atoms with Crippen LogP contribution in [-0.2, 0) is 6.42 Å². The molecule has 1 N–H and O–H groups in total. The lowest BCUT2D eigenvalue weighted by atomic mass is 10.1. The maximum Gasteiger partial charge on any atom is 0.123 e. The fraction of sp³-hybridized carbons (Fsp3) is 0.333. The van der Waals surface area contributed by atoms with Gasteiger partial charge in [0.25, 0.3) is 0 Å². The Morgan fingerprint density at radius 2 is 1.90 bits per heavy atom. The SMILES string of the molecule is CCCCOc1cccc(CCNc2ccc(F)cc2)c1. The molecular weight excluding hydrogens is 265 g/mol. The summed E-state index contributed by atoms with van der Waals surface area (Å²) < 4.78 is 18.5. The third-order valence-electron chi connectivity index (χ3n) is 3.25. The lowest BCUT2D eigenvalue weighted by molar-refractivity contribution is 0.309. The Morgan fingerprint density at radius 3 is 2.67 bits per heavy atom. The van der Waals surface area contributed by atoms with Gasteiger partial charge in [0.1, 0.15) is 11.6 Å². The van der Waals surface area contributed by atoms with Gasteiger partial charge in [-0.1, -0.05) is 25.5 Å². The van der Waals surface area contributed by atoms with Crippen molar-refractivity contribution in [2.75, 3.05) is 18.5 Å². The lowest BCUT2D eigenvalue weighted by Crippen LogP contribution is -2.05. The van der Waals surface area contributed by atoms with Gasteiger partial charge in [-0.05, 0) is 54.8 Å². The van der Waals surface area contributed by atoms with E-state index in [1.54, 1.807) is 12.1 Å². The Hall–Kier alpha value is -2.03. The molecule has 0 amide bonds. The Morgan fingerprint density at radius 1 is 1.10 bits per heavy atom. The van der Waals surface area contributed by atoms with Crippen molar-refractivity contribution < 1.29 is 9.13 Å². The maximum atomic E-state index is 12.8. The Bertz CT molecular complexity index is 539. The quantitative estimate of drug-likeness (QED) is 0.713. The minimum absolute atomic E-state index is 0.211. The molecule has 2 aromatic carbocycles. The second-order valence-electron chi connectivity index (χ2n) is 5.03. The summed E-state index contributed by atoms with van der Waals surface area (Å²) in [5.74, 6) is 0.722. The van der Waals surface area contributed by atoms with Gasteiger partial charge in [0.05, 0.1) is 6.61 Å². The molecule has 0 aliphatic rings. The van der Waals surface area contributed by atoms with E-state index in [-0.39, 0.29) is 5.82 Å². The fourth-order valence-electron chi connectivity index (χ4n) is 2.04. The number of nitrogens with one attached hydrogen (secondary N) is 1. The molecule has 0 heterocycles. The van der Waals surface area contributed by atoms with Gasteiger partial charge in [0.15, 0.2) is 0 Å². The summed E-state index contributed by atoms with van der Waals surface area (Å²) in [5.41, 5.74) is 2.17. The monoisotopic (exact) mass is 287 g/mol. The van der Waals surface area contributed by atoms with Gasteiger partial charge in [-0.2, -0.15) is 0 Å². The molecule has 0 fully saturated rings. The van der Waals surface area contributed by atoms with Gasteiger partial charge < -0.3 is 10.1 Å². The van der Waals surface area contributed by atoms with E-state index >= 15 is 0 Å². The van der Waals surface area contributed by atoms with Gasteiger partial charge in [-0.25, -0.2) is 4.39 Å². The van der Waals surface area contributed by atoms with Crippen LogP contribution < -0.4 is 10.1 Å². The van der Waals surface area contributed by atoms with Gasteiger partial charge in [0.2, 0.25) is 0 Å². The van der Waals surface area contributed by atoms with E-state index < -0.39 is 0 Å². The largest absolute Gasteiger partial charge is 0.494 e. The highest BCUT2D eigenvalue weighted by Crippen LogP contribution is 2.15.